The van der Waals surface area contributed by atoms with Gasteiger partial charge in [-0.05, 0) is 37.6 Å². The van der Waals surface area contributed by atoms with Gasteiger partial charge in [-0.15, -0.1) is 11.8 Å². The molecule has 3 aliphatic rings. The van der Waals surface area contributed by atoms with Crippen LogP contribution in [0.2, 0.25) is 0 Å². The molecule has 0 saturated carbocycles. The summed E-state index contributed by atoms with van der Waals surface area (Å²) in [5.74, 6) is -1.90. The standard InChI is InChI=1S/C20H25N3O4S/c1-11-16-15(12(2)24)19(25)23(16)17(20(26)27)18(11)28-14-5-8-22(10-14)9-13-3-6-21-7-4-13/h3-4,6-7,11-12,14-16,24H,5,8-10H2,1-2H3,(H,26,27)/t11-,12?,14-,15-,16-/m1/s1. The van der Waals surface area contributed by atoms with Gasteiger partial charge in [-0.2, -0.15) is 0 Å². The first-order chi connectivity index (χ1) is 13.4. The van der Waals surface area contributed by atoms with Crippen molar-refractivity contribution in [1.82, 2.24) is 14.8 Å². The summed E-state index contributed by atoms with van der Waals surface area (Å²) in [5.41, 5.74) is 1.34. The van der Waals surface area contributed by atoms with Gasteiger partial charge in [-0.25, -0.2) is 4.79 Å². The first-order valence-electron chi connectivity index (χ1n) is 9.65. The van der Waals surface area contributed by atoms with Crippen LogP contribution in [0, 0.1) is 11.8 Å². The van der Waals surface area contributed by atoms with Crippen molar-refractivity contribution in [2.75, 3.05) is 13.1 Å². The van der Waals surface area contributed by atoms with Crippen molar-refractivity contribution < 1.29 is 19.8 Å². The third kappa shape index (κ3) is 3.23. The Morgan fingerprint density at radius 1 is 1.39 bits per heavy atom. The number of thioether (sulfide) groups is 1. The number of aliphatic hydroxyl groups excluding tert-OH is 1. The molecule has 1 aromatic rings. The molecule has 2 fully saturated rings. The number of hydrogen-bond acceptors (Lipinski definition) is 6. The minimum atomic E-state index is -1.05. The number of nitrogens with zero attached hydrogens (tertiary/aromatic N) is 3. The zero-order valence-corrected chi connectivity index (χ0v) is 16.8. The number of likely N-dealkylation sites (tertiary alicyclic amines) is 1. The number of amides is 1. The van der Waals surface area contributed by atoms with Gasteiger partial charge >= 0.3 is 5.97 Å². The van der Waals surface area contributed by atoms with Gasteiger partial charge in [-0.3, -0.25) is 14.7 Å². The van der Waals surface area contributed by atoms with E-state index in [2.05, 4.69) is 9.88 Å². The maximum atomic E-state index is 12.4. The summed E-state index contributed by atoms with van der Waals surface area (Å²) < 4.78 is 0. The summed E-state index contributed by atoms with van der Waals surface area (Å²) in [4.78, 5) is 32.9. The molecule has 150 valence electrons. The zero-order valence-electron chi connectivity index (χ0n) is 16.0. The van der Waals surface area contributed by atoms with Crippen molar-refractivity contribution in [2.45, 2.75) is 44.2 Å². The molecular weight excluding hydrogens is 378 g/mol. The predicted molar refractivity (Wildman–Crippen MR) is 105 cm³/mol. The highest BCUT2D eigenvalue weighted by molar-refractivity contribution is 8.03. The van der Waals surface area contributed by atoms with Crippen LogP contribution < -0.4 is 0 Å². The van der Waals surface area contributed by atoms with E-state index in [9.17, 15) is 19.8 Å². The maximum absolute atomic E-state index is 12.4. The third-order valence-corrected chi connectivity index (χ3v) is 7.53. The van der Waals surface area contributed by atoms with Crippen molar-refractivity contribution in [1.29, 1.82) is 0 Å². The summed E-state index contributed by atoms with van der Waals surface area (Å²) in [7, 11) is 0. The number of carboxylic acid groups (broad SMARTS) is 1. The molecule has 1 amide bonds. The average molecular weight is 404 g/mol. The summed E-state index contributed by atoms with van der Waals surface area (Å²) in [6.45, 7) is 6.28. The average Bonchev–Trinajstić information content (AvgIpc) is 3.17. The smallest absolute Gasteiger partial charge is 0.353 e. The lowest BCUT2D eigenvalue weighted by molar-refractivity contribution is -0.163. The molecular formula is C20H25N3O4S. The summed E-state index contributed by atoms with van der Waals surface area (Å²) in [5, 5.41) is 20.0. The van der Waals surface area contributed by atoms with Crippen LogP contribution in [0.25, 0.3) is 0 Å². The van der Waals surface area contributed by atoms with Crippen molar-refractivity contribution in [3.8, 4) is 0 Å². The Morgan fingerprint density at radius 2 is 2.11 bits per heavy atom. The van der Waals surface area contributed by atoms with E-state index >= 15 is 0 Å². The molecule has 0 spiro atoms. The van der Waals surface area contributed by atoms with E-state index in [0.717, 1.165) is 31.0 Å². The second-order valence-corrected chi connectivity index (χ2v) is 9.23. The first kappa shape index (κ1) is 19.4. The number of aliphatic hydroxyl groups is 1. The van der Waals surface area contributed by atoms with Crippen LogP contribution in [0.4, 0.5) is 0 Å². The number of aliphatic carboxylic acids is 1. The molecule has 5 atom stereocenters. The molecule has 0 aromatic carbocycles. The molecule has 3 aliphatic heterocycles. The molecule has 0 aliphatic carbocycles. The minimum absolute atomic E-state index is 0.0670. The quantitative estimate of drug-likeness (QED) is 0.696. The van der Waals surface area contributed by atoms with E-state index < -0.39 is 18.0 Å². The van der Waals surface area contributed by atoms with Crippen molar-refractivity contribution in [2.24, 2.45) is 11.8 Å². The largest absolute Gasteiger partial charge is 0.477 e. The zero-order chi connectivity index (χ0) is 20.0. The molecule has 2 saturated heterocycles. The molecule has 1 aromatic heterocycles. The lowest BCUT2D eigenvalue weighted by atomic mass is 9.79. The van der Waals surface area contributed by atoms with Crippen LogP contribution in [-0.4, -0.2) is 67.4 Å². The molecule has 4 rings (SSSR count). The number of hydrogen-bond donors (Lipinski definition) is 2. The number of fused-ring (bicyclic) bond motifs is 1. The number of rotatable bonds is 6. The van der Waals surface area contributed by atoms with Crippen molar-refractivity contribution in [3.05, 3.63) is 40.7 Å². The van der Waals surface area contributed by atoms with Crippen LogP contribution in [0.1, 0.15) is 25.8 Å². The SMILES string of the molecule is CC(O)[C@H]1C(=O)N2C(C(=O)O)=C(S[C@@H]3CCN(Cc4ccncc4)C3)[C@H](C)[C@H]12. The molecule has 8 heteroatoms. The fourth-order valence-electron chi connectivity index (χ4n) is 4.64. The van der Waals surface area contributed by atoms with Gasteiger partial charge < -0.3 is 15.1 Å². The number of carbonyl (C=O) groups is 2. The highest BCUT2D eigenvalue weighted by atomic mass is 32.2. The molecule has 4 heterocycles. The van der Waals surface area contributed by atoms with E-state index in [-0.39, 0.29) is 23.6 Å². The summed E-state index contributed by atoms with van der Waals surface area (Å²) >= 11 is 1.61. The summed E-state index contributed by atoms with van der Waals surface area (Å²) in [6.07, 6.45) is 3.80. The molecule has 2 N–H and O–H groups in total. The number of pyridine rings is 1. The third-order valence-electron chi connectivity index (χ3n) is 5.99. The number of β-lactam (4-membered cyclic amide) rings is 1. The van der Waals surface area contributed by atoms with Gasteiger partial charge in [0.2, 0.25) is 5.91 Å². The molecule has 0 bridgehead atoms. The van der Waals surface area contributed by atoms with Crippen molar-refractivity contribution >= 4 is 23.6 Å². The van der Waals surface area contributed by atoms with Crippen LogP contribution >= 0.6 is 11.8 Å². The number of carbonyl (C=O) groups excluding carboxylic acids is 1. The number of carboxylic acids is 1. The number of aromatic nitrogens is 1. The first-order valence-corrected chi connectivity index (χ1v) is 10.5. The van der Waals surface area contributed by atoms with Gasteiger partial charge in [0.1, 0.15) is 5.70 Å². The maximum Gasteiger partial charge on any atom is 0.353 e. The Hall–Kier alpha value is -1.90. The Labute approximate surface area is 168 Å². The molecule has 7 nitrogen and oxygen atoms in total. The molecule has 1 unspecified atom stereocenters. The minimum Gasteiger partial charge on any atom is -0.477 e. The van der Waals surface area contributed by atoms with Crippen LogP contribution in [-0.2, 0) is 16.1 Å². The van der Waals surface area contributed by atoms with E-state index in [4.69, 9.17) is 0 Å². The Balaban J connectivity index is 1.47. The fraction of sp³-hybridized carbons (Fsp3) is 0.550. The van der Waals surface area contributed by atoms with Crippen LogP contribution in [0.15, 0.2) is 35.1 Å². The van der Waals surface area contributed by atoms with Crippen LogP contribution in [0.3, 0.4) is 0 Å². The second kappa shape index (κ2) is 7.50. The summed E-state index contributed by atoms with van der Waals surface area (Å²) in [6, 6.07) is 3.78. The lowest BCUT2D eigenvalue weighted by Gasteiger charge is -2.46. The van der Waals surface area contributed by atoms with E-state index in [1.165, 1.54) is 10.5 Å². The van der Waals surface area contributed by atoms with E-state index in [1.54, 1.807) is 31.1 Å². The molecule has 28 heavy (non-hydrogen) atoms. The van der Waals surface area contributed by atoms with Crippen LogP contribution in [0.5, 0.6) is 0 Å². The topological polar surface area (TPSA) is 94.0 Å². The Morgan fingerprint density at radius 3 is 2.75 bits per heavy atom. The van der Waals surface area contributed by atoms with Gasteiger partial charge in [0.05, 0.1) is 18.1 Å². The normalized spacial score (nSPS) is 31.1. The Bertz CT molecular complexity index is 813. The van der Waals surface area contributed by atoms with Gasteiger partial charge in [0, 0.05) is 41.6 Å². The van der Waals surface area contributed by atoms with E-state index in [1.807, 2.05) is 19.1 Å². The fourth-order valence-corrected chi connectivity index (χ4v) is 6.16. The van der Waals surface area contributed by atoms with Gasteiger partial charge in [0.15, 0.2) is 0 Å². The van der Waals surface area contributed by atoms with E-state index in [0.29, 0.717) is 5.25 Å². The highest BCUT2D eigenvalue weighted by Crippen LogP contribution is 2.51. The highest BCUT2D eigenvalue weighted by Gasteiger charge is 2.60. The van der Waals surface area contributed by atoms with Crippen molar-refractivity contribution in [3.63, 3.8) is 0 Å². The lowest BCUT2D eigenvalue weighted by Crippen LogP contribution is -2.63. The molecule has 0 radical (unpaired) electrons. The van der Waals surface area contributed by atoms with Gasteiger partial charge in [-0.1, -0.05) is 6.92 Å². The Kier molecular flexibility index (Phi) is 5.20. The van der Waals surface area contributed by atoms with Gasteiger partial charge in [0.25, 0.3) is 0 Å². The second-order valence-electron chi connectivity index (χ2n) is 7.89. The monoisotopic (exact) mass is 403 g/mol. The predicted octanol–water partition coefficient (Wildman–Crippen LogP) is 1.54.